The lowest BCUT2D eigenvalue weighted by molar-refractivity contribution is 0.573. The summed E-state index contributed by atoms with van der Waals surface area (Å²) >= 11 is 0. The fourth-order valence-corrected chi connectivity index (χ4v) is 2.52. The average molecular weight is 300 g/mol. The van der Waals surface area contributed by atoms with Crippen LogP contribution in [0.2, 0.25) is 0 Å². The number of guanidine groups is 1. The molecule has 0 unspecified atom stereocenters. The number of hydrogen-bond donors (Lipinski definition) is 3. The van der Waals surface area contributed by atoms with Gasteiger partial charge in [-0.3, -0.25) is 4.99 Å². The summed E-state index contributed by atoms with van der Waals surface area (Å²) in [5.74, 6) is 1.62. The first-order valence-corrected chi connectivity index (χ1v) is 8.20. The molecule has 3 N–H and O–H groups in total. The van der Waals surface area contributed by atoms with E-state index in [0.717, 1.165) is 38.3 Å². The Morgan fingerprint density at radius 1 is 1.18 bits per heavy atom. The minimum atomic E-state index is 0.715. The van der Waals surface area contributed by atoms with Crippen molar-refractivity contribution in [1.82, 2.24) is 15.6 Å². The lowest BCUT2D eigenvalue weighted by atomic mass is 10.1. The molecule has 1 aromatic heterocycles. The number of aromatic amines is 1. The van der Waals surface area contributed by atoms with Crippen LogP contribution < -0.4 is 10.6 Å². The fraction of sp³-hybridized carbons (Fsp3) is 0.500. The molecule has 0 aliphatic rings. The Morgan fingerprint density at radius 2 is 1.95 bits per heavy atom. The van der Waals surface area contributed by atoms with Crippen LogP contribution >= 0.6 is 0 Å². The minimum Gasteiger partial charge on any atom is -0.361 e. The highest BCUT2D eigenvalue weighted by atomic mass is 15.2. The van der Waals surface area contributed by atoms with Crippen molar-refractivity contribution in [3.63, 3.8) is 0 Å². The molecule has 4 heteroatoms. The first kappa shape index (κ1) is 16.4. The summed E-state index contributed by atoms with van der Waals surface area (Å²) in [5.41, 5.74) is 2.61. The molecule has 0 radical (unpaired) electrons. The summed E-state index contributed by atoms with van der Waals surface area (Å²) in [4.78, 5) is 7.59. The standard InChI is InChI=1S/C18H28N4/c1-14(2)10-12-21-18(19-3)20-11-6-7-15-13-22-17-9-5-4-8-16(15)17/h4-5,8-9,13-14,22H,6-7,10-12H2,1-3H3,(H2,19,20,21). The van der Waals surface area contributed by atoms with E-state index in [0.29, 0.717) is 5.92 Å². The van der Waals surface area contributed by atoms with E-state index >= 15 is 0 Å². The quantitative estimate of drug-likeness (QED) is 0.417. The van der Waals surface area contributed by atoms with Crippen LogP contribution in [0.5, 0.6) is 0 Å². The van der Waals surface area contributed by atoms with E-state index in [9.17, 15) is 0 Å². The number of aryl methyl sites for hydroxylation is 1. The fourth-order valence-electron chi connectivity index (χ4n) is 2.52. The van der Waals surface area contributed by atoms with Gasteiger partial charge in [0, 0.05) is 37.2 Å². The SMILES string of the molecule is CN=C(NCCCc1c[nH]c2ccccc12)NCCC(C)C. The number of aromatic nitrogens is 1. The van der Waals surface area contributed by atoms with Gasteiger partial charge in [0.25, 0.3) is 0 Å². The van der Waals surface area contributed by atoms with Gasteiger partial charge in [0.05, 0.1) is 0 Å². The summed E-state index contributed by atoms with van der Waals surface area (Å²) in [6.45, 7) is 6.37. The Balaban J connectivity index is 1.72. The van der Waals surface area contributed by atoms with Crippen LogP contribution in [0.15, 0.2) is 35.5 Å². The third kappa shape index (κ3) is 4.79. The van der Waals surface area contributed by atoms with Crippen LogP contribution in [0.25, 0.3) is 10.9 Å². The molecule has 22 heavy (non-hydrogen) atoms. The number of rotatable bonds is 7. The Bertz CT molecular complexity index is 598. The van der Waals surface area contributed by atoms with Crippen molar-refractivity contribution in [1.29, 1.82) is 0 Å². The predicted molar refractivity (Wildman–Crippen MR) is 95.4 cm³/mol. The van der Waals surface area contributed by atoms with Gasteiger partial charge >= 0.3 is 0 Å². The van der Waals surface area contributed by atoms with Crippen molar-refractivity contribution in [2.45, 2.75) is 33.1 Å². The van der Waals surface area contributed by atoms with Crippen LogP contribution in [0, 0.1) is 5.92 Å². The molecule has 0 saturated carbocycles. The minimum absolute atomic E-state index is 0.715. The van der Waals surface area contributed by atoms with Gasteiger partial charge in [-0.25, -0.2) is 0 Å². The summed E-state index contributed by atoms with van der Waals surface area (Å²) in [6, 6.07) is 8.47. The molecule has 0 spiro atoms. The van der Waals surface area contributed by atoms with Crippen molar-refractivity contribution in [2.75, 3.05) is 20.1 Å². The van der Waals surface area contributed by atoms with E-state index in [-0.39, 0.29) is 0 Å². The topological polar surface area (TPSA) is 52.2 Å². The number of H-pyrrole nitrogens is 1. The van der Waals surface area contributed by atoms with Crippen molar-refractivity contribution in [3.8, 4) is 0 Å². The van der Waals surface area contributed by atoms with E-state index in [4.69, 9.17) is 0 Å². The highest BCUT2D eigenvalue weighted by molar-refractivity contribution is 5.83. The molecule has 0 fully saturated rings. The number of nitrogens with zero attached hydrogens (tertiary/aromatic N) is 1. The molecule has 0 saturated heterocycles. The van der Waals surface area contributed by atoms with Gasteiger partial charge in [0.2, 0.25) is 0 Å². The lowest BCUT2D eigenvalue weighted by Gasteiger charge is -2.12. The molecule has 1 heterocycles. The molecule has 2 rings (SSSR count). The summed E-state index contributed by atoms with van der Waals surface area (Å²) in [7, 11) is 1.82. The van der Waals surface area contributed by atoms with Crippen LogP contribution in [0.1, 0.15) is 32.3 Å². The Morgan fingerprint density at radius 3 is 2.73 bits per heavy atom. The highest BCUT2D eigenvalue weighted by Gasteiger charge is 2.03. The monoisotopic (exact) mass is 300 g/mol. The Hall–Kier alpha value is -1.97. The smallest absolute Gasteiger partial charge is 0.190 e. The lowest BCUT2D eigenvalue weighted by Crippen LogP contribution is -2.38. The van der Waals surface area contributed by atoms with Crippen molar-refractivity contribution in [2.24, 2.45) is 10.9 Å². The second-order valence-corrected chi connectivity index (χ2v) is 6.07. The van der Waals surface area contributed by atoms with Gasteiger partial charge in [-0.2, -0.15) is 0 Å². The summed E-state index contributed by atoms with van der Waals surface area (Å²) in [5, 5.41) is 8.07. The molecular formula is C18H28N4. The van der Waals surface area contributed by atoms with Crippen LogP contribution in [0.4, 0.5) is 0 Å². The molecule has 2 aromatic rings. The average Bonchev–Trinajstić information content (AvgIpc) is 2.92. The Kier molecular flexibility index (Phi) is 6.31. The molecule has 0 aliphatic carbocycles. The van der Waals surface area contributed by atoms with Crippen LogP contribution in [0.3, 0.4) is 0 Å². The first-order valence-electron chi connectivity index (χ1n) is 8.20. The highest BCUT2D eigenvalue weighted by Crippen LogP contribution is 2.18. The van der Waals surface area contributed by atoms with E-state index in [1.807, 2.05) is 7.05 Å². The zero-order valence-corrected chi connectivity index (χ0v) is 13.9. The molecule has 120 valence electrons. The molecular weight excluding hydrogens is 272 g/mol. The number of fused-ring (bicyclic) bond motifs is 1. The van der Waals surface area contributed by atoms with Gasteiger partial charge in [0.1, 0.15) is 0 Å². The number of benzene rings is 1. The number of nitrogens with one attached hydrogen (secondary N) is 3. The predicted octanol–water partition coefficient (Wildman–Crippen LogP) is 3.31. The van der Waals surface area contributed by atoms with Gasteiger partial charge in [0.15, 0.2) is 5.96 Å². The maximum atomic E-state index is 4.26. The van der Waals surface area contributed by atoms with Crippen molar-refractivity contribution < 1.29 is 0 Å². The van der Waals surface area contributed by atoms with Crippen molar-refractivity contribution >= 4 is 16.9 Å². The van der Waals surface area contributed by atoms with E-state index in [1.54, 1.807) is 0 Å². The van der Waals surface area contributed by atoms with Crippen LogP contribution in [-0.2, 0) is 6.42 Å². The van der Waals surface area contributed by atoms with Crippen molar-refractivity contribution in [3.05, 3.63) is 36.0 Å². The van der Waals surface area contributed by atoms with E-state index in [1.165, 1.54) is 16.5 Å². The number of para-hydroxylation sites is 1. The summed E-state index contributed by atoms with van der Waals surface area (Å²) < 4.78 is 0. The molecule has 4 nitrogen and oxygen atoms in total. The zero-order valence-electron chi connectivity index (χ0n) is 13.9. The van der Waals surface area contributed by atoms with E-state index in [2.05, 4.69) is 64.9 Å². The largest absolute Gasteiger partial charge is 0.361 e. The number of hydrogen-bond acceptors (Lipinski definition) is 1. The number of aliphatic imine (C=N–C) groups is 1. The third-order valence-electron chi connectivity index (χ3n) is 3.83. The second-order valence-electron chi connectivity index (χ2n) is 6.07. The zero-order chi connectivity index (χ0) is 15.8. The maximum absolute atomic E-state index is 4.26. The molecule has 1 aromatic carbocycles. The molecule has 0 amide bonds. The Labute approximate surface area is 133 Å². The first-order chi connectivity index (χ1) is 10.7. The third-order valence-corrected chi connectivity index (χ3v) is 3.83. The van der Waals surface area contributed by atoms with Gasteiger partial charge in [-0.1, -0.05) is 32.0 Å². The molecule has 0 atom stereocenters. The molecule has 0 aliphatic heterocycles. The van der Waals surface area contributed by atoms with Crippen LogP contribution in [-0.4, -0.2) is 31.1 Å². The van der Waals surface area contributed by atoms with E-state index < -0.39 is 0 Å². The van der Waals surface area contributed by atoms with Gasteiger partial charge < -0.3 is 15.6 Å². The van der Waals surface area contributed by atoms with Gasteiger partial charge in [-0.15, -0.1) is 0 Å². The second kappa shape index (κ2) is 8.47. The molecule has 0 bridgehead atoms. The van der Waals surface area contributed by atoms with Gasteiger partial charge in [-0.05, 0) is 36.8 Å². The maximum Gasteiger partial charge on any atom is 0.190 e. The summed E-state index contributed by atoms with van der Waals surface area (Å²) in [6.07, 6.45) is 5.45. The normalized spacial score (nSPS) is 12.1.